The minimum Gasteiger partial charge on any atom is -0.493 e. The third kappa shape index (κ3) is 3.97. The molecule has 0 aromatic heterocycles. The molecule has 2 aromatic carbocycles. The summed E-state index contributed by atoms with van der Waals surface area (Å²) in [6.45, 7) is 5.45. The largest absolute Gasteiger partial charge is 0.493 e. The Labute approximate surface area is 172 Å². The van der Waals surface area contributed by atoms with Gasteiger partial charge in [-0.2, -0.15) is 0 Å². The molecular weight excluding hydrogens is 366 g/mol. The van der Waals surface area contributed by atoms with Crippen LogP contribution in [0.2, 0.25) is 0 Å². The predicted octanol–water partition coefficient (Wildman–Crippen LogP) is 3.60. The van der Waals surface area contributed by atoms with Crippen molar-refractivity contribution in [2.45, 2.75) is 38.9 Å². The van der Waals surface area contributed by atoms with E-state index in [4.69, 9.17) is 9.47 Å². The summed E-state index contributed by atoms with van der Waals surface area (Å²) in [4.78, 5) is 15.0. The maximum atomic E-state index is 13.1. The van der Waals surface area contributed by atoms with Gasteiger partial charge in [0, 0.05) is 18.7 Å². The number of amides is 1. The summed E-state index contributed by atoms with van der Waals surface area (Å²) < 4.78 is 11.5. The highest BCUT2D eigenvalue weighted by Gasteiger charge is 2.44. The van der Waals surface area contributed by atoms with E-state index in [1.165, 1.54) is 0 Å². The number of fused-ring (bicyclic) bond motifs is 1. The number of aryl methyl sites for hydroxylation is 2. The molecule has 5 nitrogen and oxygen atoms in total. The molecule has 0 bridgehead atoms. The molecule has 29 heavy (non-hydrogen) atoms. The Kier molecular flexibility index (Phi) is 5.50. The van der Waals surface area contributed by atoms with Crippen molar-refractivity contribution >= 4 is 5.91 Å². The minimum atomic E-state index is -0.544. The number of aliphatic hydroxyl groups excluding tert-OH is 1. The first-order chi connectivity index (χ1) is 14.0. The van der Waals surface area contributed by atoms with Gasteiger partial charge in [-0.15, -0.1) is 0 Å². The summed E-state index contributed by atoms with van der Waals surface area (Å²) >= 11 is 0. The lowest BCUT2D eigenvalue weighted by molar-refractivity contribution is -0.0240. The smallest absolute Gasteiger partial charge is 0.254 e. The molecule has 4 atom stereocenters. The quantitative estimate of drug-likeness (QED) is 0.859. The van der Waals surface area contributed by atoms with Crippen molar-refractivity contribution < 1.29 is 19.4 Å². The first-order valence-corrected chi connectivity index (χ1v) is 10.3. The number of para-hydroxylation sites is 2. The molecule has 2 fully saturated rings. The molecule has 0 radical (unpaired) electrons. The molecule has 1 N–H and O–H groups in total. The first kappa shape index (κ1) is 19.8. The lowest BCUT2D eigenvalue weighted by atomic mass is 9.78. The van der Waals surface area contributed by atoms with Gasteiger partial charge in [-0.05, 0) is 62.3 Å². The van der Waals surface area contributed by atoms with Crippen molar-refractivity contribution in [1.82, 2.24) is 4.90 Å². The summed E-state index contributed by atoms with van der Waals surface area (Å²) in [7, 11) is 1.61. The average molecular weight is 395 g/mol. The van der Waals surface area contributed by atoms with Gasteiger partial charge in [-0.3, -0.25) is 4.79 Å². The number of rotatable bonds is 4. The van der Waals surface area contributed by atoms with Crippen molar-refractivity contribution in [2.24, 2.45) is 11.8 Å². The van der Waals surface area contributed by atoms with Crippen LogP contribution in [0.15, 0.2) is 42.5 Å². The number of benzene rings is 2. The number of hydrogen-bond acceptors (Lipinski definition) is 4. The second kappa shape index (κ2) is 8.07. The van der Waals surface area contributed by atoms with Crippen molar-refractivity contribution in [3.63, 3.8) is 0 Å². The molecule has 1 saturated heterocycles. The van der Waals surface area contributed by atoms with Gasteiger partial charge in [-0.25, -0.2) is 0 Å². The van der Waals surface area contributed by atoms with E-state index < -0.39 is 6.10 Å². The lowest BCUT2D eigenvalue weighted by Gasteiger charge is -2.35. The molecule has 4 rings (SSSR count). The van der Waals surface area contributed by atoms with Crippen LogP contribution >= 0.6 is 0 Å². The Morgan fingerprint density at radius 2 is 1.72 bits per heavy atom. The summed E-state index contributed by atoms with van der Waals surface area (Å²) in [6, 6.07) is 13.5. The number of aliphatic hydroxyl groups is 1. The topological polar surface area (TPSA) is 59.0 Å². The molecule has 1 heterocycles. The summed E-state index contributed by atoms with van der Waals surface area (Å²) in [5.74, 6) is 2.07. The fraction of sp³-hybridized carbons (Fsp3) is 0.458. The van der Waals surface area contributed by atoms with E-state index in [0.717, 1.165) is 29.7 Å². The van der Waals surface area contributed by atoms with Crippen molar-refractivity contribution in [2.75, 3.05) is 20.2 Å². The van der Waals surface area contributed by atoms with E-state index in [1.54, 1.807) is 7.11 Å². The van der Waals surface area contributed by atoms with Crippen LogP contribution in [0.25, 0.3) is 0 Å². The van der Waals surface area contributed by atoms with Crippen molar-refractivity contribution in [3.8, 4) is 11.5 Å². The van der Waals surface area contributed by atoms with Crippen molar-refractivity contribution in [1.29, 1.82) is 0 Å². The second-order valence-corrected chi connectivity index (χ2v) is 8.39. The molecular formula is C24H29NO4. The fourth-order valence-corrected chi connectivity index (χ4v) is 4.79. The zero-order valence-electron chi connectivity index (χ0n) is 17.3. The number of ether oxygens (including phenoxy) is 2. The van der Waals surface area contributed by atoms with E-state index >= 15 is 0 Å². The van der Waals surface area contributed by atoms with Crippen molar-refractivity contribution in [3.05, 3.63) is 59.2 Å². The molecule has 2 aliphatic rings. The maximum Gasteiger partial charge on any atom is 0.254 e. The monoisotopic (exact) mass is 395 g/mol. The standard InChI is InChI=1S/C24H29NO4/c1-15-8-9-19(16(2)10-15)24(27)25-13-17-11-20(26)23(12-18(17)14-25)29-22-7-5-4-6-21(22)28-3/h4-10,17-18,20,23,26H,11-14H2,1-3H3/t17-,18+,20+,23+/m0/s1. The third-order valence-corrected chi connectivity index (χ3v) is 6.33. The van der Waals surface area contributed by atoms with Crippen LogP contribution in [-0.2, 0) is 0 Å². The molecule has 0 spiro atoms. The highest BCUT2D eigenvalue weighted by Crippen LogP contribution is 2.39. The zero-order chi connectivity index (χ0) is 20.5. The second-order valence-electron chi connectivity index (χ2n) is 8.39. The highest BCUT2D eigenvalue weighted by molar-refractivity contribution is 5.95. The van der Waals surface area contributed by atoms with Gasteiger partial charge in [0.1, 0.15) is 6.10 Å². The number of hydrogen-bond donors (Lipinski definition) is 1. The summed E-state index contributed by atoms with van der Waals surface area (Å²) in [6.07, 6.45) is 0.558. The van der Waals surface area contributed by atoms with E-state index in [0.29, 0.717) is 36.3 Å². The van der Waals surface area contributed by atoms with Crippen LogP contribution in [0.4, 0.5) is 0 Å². The molecule has 1 amide bonds. The van der Waals surface area contributed by atoms with E-state index in [2.05, 4.69) is 6.07 Å². The Bertz CT molecular complexity index is 896. The Hall–Kier alpha value is -2.53. The molecule has 154 valence electrons. The lowest BCUT2D eigenvalue weighted by Crippen LogP contribution is -2.42. The highest BCUT2D eigenvalue weighted by atomic mass is 16.5. The number of carbonyl (C=O) groups is 1. The number of nitrogens with zero attached hydrogens (tertiary/aromatic N) is 1. The molecule has 0 unspecified atom stereocenters. The van der Waals surface area contributed by atoms with Gasteiger partial charge in [0.05, 0.1) is 13.2 Å². The molecule has 1 aliphatic heterocycles. The van der Waals surface area contributed by atoms with Crippen LogP contribution in [0.5, 0.6) is 11.5 Å². The van der Waals surface area contributed by atoms with E-state index in [-0.39, 0.29) is 12.0 Å². The van der Waals surface area contributed by atoms with Crippen LogP contribution in [-0.4, -0.2) is 48.3 Å². The molecule has 2 aromatic rings. The number of carbonyl (C=O) groups excluding carboxylic acids is 1. The molecule has 1 saturated carbocycles. The minimum absolute atomic E-state index is 0.0913. The van der Waals surface area contributed by atoms with E-state index in [1.807, 2.05) is 55.1 Å². The van der Waals surface area contributed by atoms with Gasteiger partial charge >= 0.3 is 0 Å². The van der Waals surface area contributed by atoms with Crippen LogP contribution in [0.3, 0.4) is 0 Å². The van der Waals surface area contributed by atoms with Crippen LogP contribution < -0.4 is 9.47 Å². The zero-order valence-corrected chi connectivity index (χ0v) is 17.3. The summed E-state index contributed by atoms with van der Waals surface area (Å²) in [5.41, 5.74) is 2.95. The molecule has 5 heteroatoms. The van der Waals surface area contributed by atoms with Gasteiger partial charge in [-0.1, -0.05) is 29.8 Å². The fourth-order valence-electron chi connectivity index (χ4n) is 4.79. The Morgan fingerprint density at radius 3 is 2.41 bits per heavy atom. The Morgan fingerprint density at radius 1 is 1.03 bits per heavy atom. The van der Waals surface area contributed by atoms with E-state index in [9.17, 15) is 9.90 Å². The van der Waals surface area contributed by atoms with Gasteiger partial charge in [0.15, 0.2) is 11.5 Å². The van der Waals surface area contributed by atoms with Gasteiger partial charge < -0.3 is 19.5 Å². The number of likely N-dealkylation sites (tertiary alicyclic amines) is 1. The van der Waals surface area contributed by atoms with Crippen LogP contribution in [0, 0.1) is 25.7 Å². The van der Waals surface area contributed by atoms with Crippen LogP contribution in [0.1, 0.15) is 34.3 Å². The average Bonchev–Trinajstić information content (AvgIpc) is 3.11. The summed E-state index contributed by atoms with van der Waals surface area (Å²) in [5, 5.41) is 10.7. The van der Waals surface area contributed by atoms with Gasteiger partial charge in [0.2, 0.25) is 0 Å². The maximum absolute atomic E-state index is 13.1. The molecule has 1 aliphatic carbocycles. The number of methoxy groups -OCH3 is 1. The van der Waals surface area contributed by atoms with Gasteiger partial charge in [0.25, 0.3) is 5.91 Å². The third-order valence-electron chi connectivity index (χ3n) is 6.33. The Balaban J connectivity index is 1.45. The SMILES string of the molecule is COc1ccccc1O[C@@H]1C[C@@H]2CN(C(=O)c3ccc(C)cc3C)C[C@@H]2C[C@H]1O. The normalized spacial score (nSPS) is 26.1. The predicted molar refractivity (Wildman–Crippen MR) is 111 cm³/mol. The first-order valence-electron chi connectivity index (χ1n) is 10.3.